The summed E-state index contributed by atoms with van der Waals surface area (Å²) in [7, 11) is 0. The van der Waals surface area contributed by atoms with Gasteiger partial charge >= 0.3 is 0 Å². The second kappa shape index (κ2) is 9.25. The van der Waals surface area contributed by atoms with E-state index in [9.17, 15) is 4.39 Å². The van der Waals surface area contributed by atoms with Gasteiger partial charge < -0.3 is 9.47 Å². The highest BCUT2D eigenvalue weighted by molar-refractivity contribution is 5.44. The molecule has 0 saturated carbocycles. The molecule has 0 saturated heterocycles. The molecule has 0 aliphatic rings. The van der Waals surface area contributed by atoms with Gasteiger partial charge in [-0.1, -0.05) is 13.8 Å². The number of hydrogen-bond acceptors (Lipinski definition) is 2. The van der Waals surface area contributed by atoms with Crippen molar-refractivity contribution in [2.75, 3.05) is 13.2 Å². The van der Waals surface area contributed by atoms with Crippen molar-refractivity contribution >= 4 is 0 Å². The van der Waals surface area contributed by atoms with E-state index in [1.165, 1.54) is 6.07 Å². The Kier molecular flexibility index (Phi) is 7.57. The molecule has 0 radical (unpaired) electrons. The van der Waals surface area contributed by atoms with Crippen LogP contribution in [-0.4, -0.2) is 13.2 Å². The molecule has 0 aliphatic carbocycles. The fourth-order valence-electron chi connectivity index (χ4n) is 1.74. The van der Waals surface area contributed by atoms with Gasteiger partial charge in [0.2, 0.25) is 0 Å². The standard InChI is InChI=1S/C17H23FO2/c1-4-7-8-9-14-12-16(19-10-5-2)17(13-15(14)18)20-11-6-3/h12-13H,5-6,8-11H2,1-3H3. The van der Waals surface area contributed by atoms with Gasteiger partial charge in [-0.2, -0.15) is 0 Å². The first-order valence-corrected chi connectivity index (χ1v) is 7.20. The molecule has 110 valence electrons. The van der Waals surface area contributed by atoms with Crippen LogP contribution >= 0.6 is 0 Å². The van der Waals surface area contributed by atoms with E-state index in [0.29, 0.717) is 43.1 Å². The summed E-state index contributed by atoms with van der Waals surface area (Å²) in [6, 6.07) is 3.17. The Bertz CT molecular complexity index is 472. The zero-order valence-electron chi connectivity index (χ0n) is 12.6. The van der Waals surface area contributed by atoms with Gasteiger partial charge in [-0.25, -0.2) is 4.39 Å². The molecule has 0 atom stereocenters. The smallest absolute Gasteiger partial charge is 0.164 e. The minimum absolute atomic E-state index is 0.252. The summed E-state index contributed by atoms with van der Waals surface area (Å²) in [6.07, 6.45) is 3.02. The summed E-state index contributed by atoms with van der Waals surface area (Å²) in [5, 5.41) is 0. The van der Waals surface area contributed by atoms with Crippen LogP contribution in [0.4, 0.5) is 4.39 Å². The number of hydrogen-bond donors (Lipinski definition) is 0. The molecule has 20 heavy (non-hydrogen) atoms. The van der Waals surface area contributed by atoms with E-state index >= 15 is 0 Å². The van der Waals surface area contributed by atoms with Crippen LogP contribution in [0.25, 0.3) is 0 Å². The molecular weight excluding hydrogens is 255 g/mol. The van der Waals surface area contributed by atoms with Crippen molar-refractivity contribution in [3.63, 3.8) is 0 Å². The first kappa shape index (κ1) is 16.4. The molecule has 3 heteroatoms. The van der Waals surface area contributed by atoms with Crippen molar-refractivity contribution in [2.45, 2.75) is 46.5 Å². The lowest BCUT2D eigenvalue weighted by Gasteiger charge is -2.14. The summed E-state index contributed by atoms with van der Waals surface area (Å²) in [6.45, 7) is 6.99. The molecule has 1 rings (SSSR count). The fourth-order valence-corrected chi connectivity index (χ4v) is 1.74. The second-order valence-corrected chi connectivity index (χ2v) is 4.51. The van der Waals surface area contributed by atoms with Crippen molar-refractivity contribution in [1.29, 1.82) is 0 Å². The van der Waals surface area contributed by atoms with Crippen LogP contribution in [0.5, 0.6) is 11.5 Å². The van der Waals surface area contributed by atoms with Crippen molar-refractivity contribution in [3.05, 3.63) is 23.5 Å². The van der Waals surface area contributed by atoms with Gasteiger partial charge in [0.05, 0.1) is 13.2 Å². The monoisotopic (exact) mass is 278 g/mol. The molecular formula is C17H23FO2. The highest BCUT2D eigenvalue weighted by Crippen LogP contribution is 2.31. The highest BCUT2D eigenvalue weighted by atomic mass is 19.1. The minimum Gasteiger partial charge on any atom is -0.490 e. The van der Waals surface area contributed by atoms with E-state index in [0.717, 1.165) is 12.8 Å². The van der Waals surface area contributed by atoms with Gasteiger partial charge in [-0.3, -0.25) is 0 Å². The SMILES string of the molecule is CC#CCCc1cc(OCCC)c(OCCC)cc1F. The summed E-state index contributed by atoms with van der Waals surface area (Å²) in [5.41, 5.74) is 0.628. The van der Waals surface area contributed by atoms with Gasteiger partial charge in [-0.15, -0.1) is 11.8 Å². The van der Waals surface area contributed by atoms with E-state index in [2.05, 4.69) is 11.8 Å². The van der Waals surface area contributed by atoms with Crippen LogP contribution in [0.1, 0.15) is 45.6 Å². The number of aryl methyl sites for hydroxylation is 1. The van der Waals surface area contributed by atoms with Crippen LogP contribution in [0, 0.1) is 17.7 Å². The van der Waals surface area contributed by atoms with Crippen molar-refractivity contribution in [1.82, 2.24) is 0 Å². The van der Waals surface area contributed by atoms with E-state index < -0.39 is 0 Å². The van der Waals surface area contributed by atoms with Gasteiger partial charge in [-0.05, 0) is 37.8 Å². The molecule has 0 unspecified atom stereocenters. The topological polar surface area (TPSA) is 18.5 Å². The van der Waals surface area contributed by atoms with E-state index in [-0.39, 0.29) is 5.82 Å². The van der Waals surface area contributed by atoms with E-state index in [1.807, 2.05) is 13.8 Å². The molecule has 0 aromatic heterocycles. The molecule has 0 heterocycles. The van der Waals surface area contributed by atoms with Gasteiger partial charge in [0.25, 0.3) is 0 Å². The van der Waals surface area contributed by atoms with Gasteiger partial charge in [0, 0.05) is 12.5 Å². The van der Waals surface area contributed by atoms with E-state index in [1.54, 1.807) is 13.0 Å². The van der Waals surface area contributed by atoms with Crippen molar-refractivity contribution < 1.29 is 13.9 Å². The maximum Gasteiger partial charge on any atom is 0.164 e. The minimum atomic E-state index is -0.252. The van der Waals surface area contributed by atoms with Crippen LogP contribution < -0.4 is 9.47 Å². The Morgan fingerprint density at radius 2 is 1.65 bits per heavy atom. The van der Waals surface area contributed by atoms with Gasteiger partial charge in [0.15, 0.2) is 11.5 Å². The average molecular weight is 278 g/mol. The maximum atomic E-state index is 14.0. The molecule has 0 aliphatic heterocycles. The predicted octanol–water partition coefficient (Wildman–Crippen LogP) is 4.36. The van der Waals surface area contributed by atoms with Crippen LogP contribution in [-0.2, 0) is 6.42 Å². The summed E-state index contributed by atoms with van der Waals surface area (Å²) >= 11 is 0. The lowest BCUT2D eigenvalue weighted by molar-refractivity contribution is 0.266. The molecule has 0 fully saturated rings. The maximum absolute atomic E-state index is 14.0. The molecule has 0 spiro atoms. The number of halogens is 1. The van der Waals surface area contributed by atoms with Gasteiger partial charge in [0.1, 0.15) is 5.82 Å². The lowest BCUT2D eigenvalue weighted by Crippen LogP contribution is -2.03. The van der Waals surface area contributed by atoms with E-state index in [4.69, 9.17) is 9.47 Å². The lowest BCUT2D eigenvalue weighted by atomic mass is 10.1. The first-order chi connectivity index (χ1) is 9.72. The molecule has 1 aromatic carbocycles. The average Bonchev–Trinajstić information content (AvgIpc) is 2.45. The quantitative estimate of drug-likeness (QED) is 0.658. The zero-order valence-corrected chi connectivity index (χ0v) is 12.6. The Morgan fingerprint density at radius 3 is 2.20 bits per heavy atom. The number of rotatable bonds is 8. The number of ether oxygens (including phenoxy) is 2. The zero-order chi connectivity index (χ0) is 14.8. The Morgan fingerprint density at radius 1 is 1.05 bits per heavy atom. The third kappa shape index (κ3) is 5.13. The Balaban J connectivity index is 2.92. The van der Waals surface area contributed by atoms with Crippen LogP contribution in [0.3, 0.4) is 0 Å². The Hall–Kier alpha value is -1.69. The molecule has 0 bridgehead atoms. The van der Waals surface area contributed by atoms with Crippen molar-refractivity contribution in [3.8, 4) is 23.3 Å². The van der Waals surface area contributed by atoms with Crippen LogP contribution in [0.2, 0.25) is 0 Å². The molecule has 0 N–H and O–H groups in total. The first-order valence-electron chi connectivity index (χ1n) is 7.20. The summed E-state index contributed by atoms with van der Waals surface area (Å²) in [4.78, 5) is 0. The molecule has 0 amide bonds. The predicted molar refractivity (Wildman–Crippen MR) is 79.7 cm³/mol. The normalized spacial score (nSPS) is 9.80. The van der Waals surface area contributed by atoms with Crippen molar-refractivity contribution in [2.24, 2.45) is 0 Å². The molecule has 1 aromatic rings. The largest absolute Gasteiger partial charge is 0.490 e. The second-order valence-electron chi connectivity index (χ2n) is 4.51. The Labute approximate surface area is 121 Å². The van der Waals surface area contributed by atoms with Crippen LogP contribution in [0.15, 0.2) is 12.1 Å². The third-order valence-corrected chi connectivity index (χ3v) is 2.73. The fraction of sp³-hybridized carbons (Fsp3) is 0.529. The third-order valence-electron chi connectivity index (χ3n) is 2.73. The molecule has 2 nitrogen and oxygen atoms in total. The summed E-state index contributed by atoms with van der Waals surface area (Å²) < 4.78 is 25.2. The summed E-state index contributed by atoms with van der Waals surface area (Å²) in [5.74, 6) is 6.63. The number of benzene rings is 1. The highest BCUT2D eigenvalue weighted by Gasteiger charge is 2.12.